The molecule has 1 unspecified atom stereocenters. The van der Waals surface area contributed by atoms with Crippen molar-refractivity contribution in [1.29, 1.82) is 0 Å². The number of aromatic nitrogens is 1. The smallest absolute Gasteiger partial charge is 0.191 e. The van der Waals surface area contributed by atoms with Crippen molar-refractivity contribution in [2.24, 2.45) is 10.9 Å². The molecule has 1 aromatic carbocycles. The summed E-state index contributed by atoms with van der Waals surface area (Å²) in [5.41, 5.74) is 2.51. The Hall–Kier alpha value is -1.28. The second kappa shape index (κ2) is 13.0. The highest BCUT2D eigenvalue weighted by atomic mass is 127. The zero-order valence-electron chi connectivity index (χ0n) is 15.9. The maximum Gasteiger partial charge on any atom is 0.191 e. The van der Waals surface area contributed by atoms with Gasteiger partial charge in [-0.2, -0.15) is 0 Å². The average molecular weight is 472 g/mol. The van der Waals surface area contributed by atoms with Gasteiger partial charge in [0.2, 0.25) is 0 Å². The highest BCUT2D eigenvalue weighted by Crippen LogP contribution is 2.17. The van der Waals surface area contributed by atoms with Gasteiger partial charge in [0.1, 0.15) is 0 Å². The van der Waals surface area contributed by atoms with Crippen molar-refractivity contribution < 1.29 is 5.11 Å². The van der Waals surface area contributed by atoms with Crippen LogP contribution in [0.15, 0.2) is 35.5 Å². The van der Waals surface area contributed by atoms with E-state index in [0.29, 0.717) is 5.92 Å². The Morgan fingerprint density at radius 3 is 2.73 bits per heavy atom. The lowest BCUT2D eigenvalue weighted by molar-refractivity contribution is 0.253. The Morgan fingerprint density at radius 1 is 1.19 bits per heavy atom. The Morgan fingerprint density at radius 2 is 2.00 bits per heavy atom. The van der Waals surface area contributed by atoms with Gasteiger partial charge in [0.15, 0.2) is 5.96 Å². The number of nitrogens with zero attached hydrogens (tertiary/aromatic N) is 1. The fourth-order valence-electron chi connectivity index (χ4n) is 3.13. The van der Waals surface area contributed by atoms with Crippen molar-refractivity contribution in [1.82, 2.24) is 15.6 Å². The number of para-hydroxylation sites is 1. The van der Waals surface area contributed by atoms with Crippen LogP contribution in [0, 0.1) is 5.92 Å². The molecule has 4 N–H and O–H groups in total. The second-order valence-electron chi connectivity index (χ2n) is 6.42. The van der Waals surface area contributed by atoms with Crippen molar-refractivity contribution >= 4 is 40.8 Å². The number of aliphatic hydroxyl groups is 1. The van der Waals surface area contributed by atoms with Crippen molar-refractivity contribution in [3.05, 3.63) is 36.0 Å². The van der Waals surface area contributed by atoms with Gasteiger partial charge in [0, 0.05) is 43.3 Å². The summed E-state index contributed by atoms with van der Waals surface area (Å²) in [6.07, 6.45) is 6.11. The summed E-state index contributed by atoms with van der Waals surface area (Å²) in [5, 5.41) is 17.2. The van der Waals surface area contributed by atoms with Gasteiger partial charge >= 0.3 is 0 Å². The summed E-state index contributed by atoms with van der Waals surface area (Å²) in [7, 11) is 0. The van der Waals surface area contributed by atoms with E-state index in [4.69, 9.17) is 4.99 Å². The van der Waals surface area contributed by atoms with E-state index >= 15 is 0 Å². The molecule has 0 aliphatic rings. The quantitative estimate of drug-likeness (QED) is 0.242. The standard InChI is InChI=1S/C20H32N4O.HI/c1-3-7-16(11-13-25)14-24-20(21-4-2)22-12-10-17-15-23-19-9-6-5-8-18(17)19;/h5-6,8-9,15-16,23,25H,3-4,7,10-14H2,1-2H3,(H2,21,22,24);1H. The Bertz CT molecular complexity index is 650. The lowest BCUT2D eigenvalue weighted by atomic mass is 10.0. The van der Waals surface area contributed by atoms with Crippen LogP contribution in [0.1, 0.15) is 38.7 Å². The molecule has 26 heavy (non-hydrogen) atoms. The molecule has 1 aromatic heterocycles. The number of nitrogens with one attached hydrogen (secondary N) is 3. The van der Waals surface area contributed by atoms with Crippen LogP contribution in [-0.4, -0.2) is 42.3 Å². The number of aliphatic imine (C=N–C) groups is 1. The van der Waals surface area contributed by atoms with Crippen LogP contribution < -0.4 is 10.6 Å². The molecule has 146 valence electrons. The third-order valence-electron chi connectivity index (χ3n) is 4.45. The van der Waals surface area contributed by atoms with E-state index in [1.165, 1.54) is 16.5 Å². The summed E-state index contributed by atoms with van der Waals surface area (Å²) < 4.78 is 0. The fraction of sp³-hybridized carbons (Fsp3) is 0.550. The van der Waals surface area contributed by atoms with E-state index in [2.05, 4.69) is 59.9 Å². The molecule has 1 heterocycles. The molecule has 5 nitrogen and oxygen atoms in total. The Labute approximate surface area is 174 Å². The highest BCUT2D eigenvalue weighted by Gasteiger charge is 2.08. The number of rotatable bonds is 10. The molecule has 0 saturated heterocycles. The van der Waals surface area contributed by atoms with E-state index in [9.17, 15) is 5.11 Å². The molecule has 2 rings (SSSR count). The van der Waals surface area contributed by atoms with Gasteiger partial charge in [-0.25, -0.2) is 0 Å². The average Bonchev–Trinajstić information content (AvgIpc) is 3.03. The molecule has 0 aliphatic heterocycles. The van der Waals surface area contributed by atoms with E-state index in [1.54, 1.807) is 0 Å². The zero-order valence-corrected chi connectivity index (χ0v) is 18.3. The first-order chi connectivity index (χ1) is 12.3. The molecule has 2 aromatic rings. The molecule has 1 atom stereocenters. The Kier molecular flexibility index (Phi) is 11.4. The summed E-state index contributed by atoms with van der Waals surface area (Å²) in [6, 6.07) is 8.39. The van der Waals surface area contributed by atoms with Crippen LogP contribution in [0.5, 0.6) is 0 Å². The predicted octanol–water partition coefficient (Wildman–Crippen LogP) is 3.68. The lowest BCUT2D eigenvalue weighted by Gasteiger charge is -2.15. The third kappa shape index (κ3) is 7.15. The first kappa shape index (κ1) is 22.8. The molecular formula is C20H33IN4O. The molecule has 0 spiro atoms. The van der Waals surface area contributed by atoms with E-state index in [1.807, 2.05) is 0 Å². The molecule has 0 fully saturated rings. The van der Waals surface area contributed by atoms with Gasteiger partial charge in [0.05, 0.1) is 0 Å². The number of aromatic amines is 1. The van der Waals surface area contributed by atoms with Crippen LogP contribution in [0.2, 0.25) is 0 Å². The molecule has 0 aliphatic carbocycles. The molecule has 0 bridgehead atoms. The van der Waals surface area contributed by atoms with Crippen molar-refractivity contribution in [2.75, 3.05) is 26.2 Å². The van der Waals surface area contributed by atoms with Crippen LogP contribution in [0.25, 0.3) is 10.9 Å². The number of benzene rings is 1. The monoisotopic (exact) mass is 472 g/mol. The molecular weight excluding hydrogens is 439 g/mol. The minimum Gasteiger partial charge on any atom is -0.396 e. The number of H-pyrrole nitrogens is 1. The number of guanidine groups is 1. The molecule has 6 heteroatoms. The lowest BCUT2D eigenvalue weighted by Crippen LogP contribution is -2.38. The topological polar surface area (TPSA) is 72.4 Å². The summed E-state index contributed by atoms with van der Waals surface area (Å²) in [6.45, 7) is 6.94. The van der Waals surface area contributed by atoms with E-state index in [0.717, 1.165) is 51.3 Å². The first-order valence-corrected chi connectivity index (χ1v) is 9.46. The maximum absolute atomic E-state index is 9.18. The van der Waals surface area contributed by atoms with Crippen molar-refractivity contribution in [3.63, 3.8) is 0 Å². The minimum absolute atomic E-state index is 0. The van der Waals surface area contributed by atoms with Crippen molar-refractivity contribution in [2.45, 2.75) is 39.5 Å². The summed E-state index contributed by atoms with van der Waals surface area (Å²) in [5.74, 6) is 1.32. The van der Waals surface area contributed by atoms with Gasteiger partial charge in [0.25, 0.3) is 0 Å². The number of hydrogen-bond acceptors (Lipinski definition) is 2. The Balaban J connectivity index is 0.00000338. The van der Waals surface area contributed by atoms with E-state index < -0.39 is 0 Å². The normalized spacial score (nSPS) is 12.7. The van der Waals surface area contributed by atoms with Crippen molar-refractivity contribution in [3.8, 4) is 0 Å². The van der Waals surface area contributed by atoms with Gasteiger partial charge in [-0.3, -0.25) is 4.99 Å². The van der Waals surface area contributed by atoms with Gasteiger partial charge in [-0.05, 0) is 43.7 Å². The summed E-state index contributed by atoms with van der Waals surface area (Å²) >= 11 is 0. The molecule has 0 amide bonds. The maximum atomic E-state index is 9.18. The minimum atomic E-state index is 0. The number of hydrogen-bond donors (Lipinski definition) is 4. The van der Waals surface area contributed by atoms with Gasteiger partial charge in [-0.1, -0.05) is 31.5 Å². The number of aliphatic hydroxyl groups excluding tert-OH is 1. The van der Waals surface area contributed by atoms with Crippen LogP contribution in [-0.2, 0) is 6.42 Å². The molecule has 0 saturated carbocycles. The fourth-order valence-corrected chi connectivity index (χ4v) is 3.13. The van der Waals surface area contributed by atoms with Gasteiger partial charge in [-0.15, -0.1) is 24.0 Å². The number of fused-ring (bicyclic) bond motifs is 1. The van der Waals surface area contributed by atoms with Crippen LogP contribution >= 0.6 is 24.0 Å². The second-order valence-corrected chi connectivity index (χ2v) is 6.42. The number of halogens is 1. The largest absolute Gasteiger partial charge is 0.396 e. The van der Waals surface area contributed by atoms with Gasteiger partial charge < -0.3 is 20.7 Å². The van der Waals surface area contributed by atoms with E-state index in [-0.39, 0.29) is 30.6 Å². The SMILES string of the molecule is CCCC(CCO)CN=C(NCC)NCCc1c[nH]c2ccccc12.I. The molecule has 0 radical (unpaired) electrons. The third-order valence-corrected chi connectivity index (χ3v) is 4.45. The summed E-state index contributed by atoms with van der Waals surface area (Å²) in [4.78, 5) is 8.03. The predicted molar refractivity (Wildman–Crippen MR) is 121 cm³/mol. The zero-order chi connectivity index (χ0) is 17.9. The first-order valence-electron chi connectivity index (χ1n) is 9.46. The van der Waals surface area contributed by atoms with Crippen LogP contribution in [0.4, 0.5) is 0 Å². The highest BCUT2D eigenvalue weighted by molar-refractivity contribution is 14.0. The van der Waals surface area contributed by atoms with Crippen LogP contribution in [0.3, 0.4) is 0 Å².